The van der Waals surface area contributed by atoms with Crippen molar-refractivity contribution in [1.29, 1.82) is 0 Å². The normalized spacial score (nSPS) is 11.0. The lowest BCUT2D eigenvalue weighted by molar-refractivity contribution is -0.128. The molecule has 136 valence electrons. The van der Waals surface area contributed by atoms with E-state index in [2.05, 4.69) is 39.4 Å². The number of thiazole rings is 1. The summed E-state index contributed by atoms with van der Waals surface area (Å²) >= 11 is 1.61. The number of hydrogen-bond donors (Lipinski definition) is 0. The van der Waals surface area contributed by atoms with Crippen molar-refractivity contribution in [2.24, 2.45) is 0 Å². The van der Waals surface area contributed by atoms with E-state index in [9.17, 15) is 4.79 Å². The number of amides is 1. The summed E-state index contributed by atoms with van der Waals surface area (Å²) in [6.07, 6.45) is 0.573. The highest BCUT2D eigenvalue weighted by Crippen LogP contribution is 2.29. The fraction of sp³-hybridized carbons (Fsp3) is 0.200. The van der Waals surface area contributed by atoms with Gasteiger partial charge in [0.15, 0.2) is 0 Å². The minimum absolute atomic E-state index is 0.0707. The molecule has 0 saturated heterocycles. The summed E-state index contributed by atoms with van der Waals surface area (Å²) in [5.74, 6) is 0.730. The van der Waals surface area contributed by atoms with Crippen molar-refractivity contribution in [3.8, 4) is 11.1 Å². The minimum Gasteiger partial charge on any atom is -0.424 e. The number of likely N-dealkylation sites (N-methyl/N-ethyl adjacent to an activating group) is 1. The van der Waals surface area contributed by atoms with Gasteiger partial charge in [0.25, 0.3) is 0 Å². The van der Waals surface area contributed by atoms with Crippen LogP contribution in [0.2, 0.25) is 0 Å². The van der Waals surface area contributed by atoms with Gasteiger partial charge in [-0.3, -0.25) is 4.79 Å². The molecule has 1 amide bonds. The summed E-state index contributed by atoms with van der Waals surface area (Å²) in [6, 6.07) is 16.5. The topological polar surface area (TPSA) is 72.1 Å². The van der Waals surface area contributed by atoms with Gasteiger partial charge in [-0.15, -0.1) is 21.5 Å². The van der Waals surface area contributed by atoms with Crippen molar-refractivity contribution in [3.05, 3.63) is 65.3 Å². The second-order valence-electron chi connectivity index (χ2n) is 6.39. The SMILES string of the molecule is CN(C)C(=O)Cc1nnc(Cc2nc3ccc(-c4ccccc4)cc3s2)o1. The molecule has 0 N–H and O–H groups in total. The Bertz CT molecular complexity index is 1090. The van der Waals surface area contributed by atoms with Gasteiger partial charge in [0.05, 0.1) is 16.6 Å². The maximum absolute atomic E-state index is 11.7. The molecular formula is C20H18N4O2S. The predicted octanol–water partition coefficient (Wildman–Crippen LogP) is 3.57. The van der Waals surface area contributed by atoms with Crippen LogP contribution in [-0.4, -0.2) is 40.1 Å². The summed E-state index contributed by atoms with van der Waals surface area (Å²) in [5, 5.41) is 8.90. The molecule has 0 saturated carbocycles. The fourth-order valence-electron chi connectivity index (χ4n) is 2.71. The molecule has 0 aliphatic heterocycles. The molecule has 0 aliphatic rings. The van der Waals surface area contributed by atoms with Crippen molar-refractivity contribution < 1.29 is 9.21 Å². The molecule has 0 bridgehead atoms. The molecule has 4 aromatic rings. The van der Waals surface area contributed by atoms with E-state index in [4.69, 9.17) is 4.42 Å². The van der Waals surface area contributed by atoms with Crippen LogP contribution in [0.4, 0.5) is 0 Å². The highest BCUT2D eigenvalue weighted by atomic mass is 32.1. The lowest BCUT2D eigenvalue weighted by Crippen LogP contribution is -2.23. The van der Waals surface area contributed by atoms with Gasteiger partial charge in [0, 0.05) is 14.1 Å². The molecule has 2 aromatic heterocycles. The van der Waals surface area contributed by atoms with Crippen LogP contribution in [0.15, 0.2) is 52.9 Å². The number of carbonyl (C=O) groups excluding carboxylic acids is 1. The third kappa shape index (κ3) is 3.88. The van der Waals surface area contributed by atoms with Crippen LogP contribution in [0.25, 0.3) is 21.3 Å². The fourth-order valence-corrected chi connectivity index (χ4v) is 3.70. The number of fused-ring (bicyclic) bond motifs is 1. The van der Waals surface area contributed by atoms with E-state index in [0.29, 0.717) is 18.2 Å². The molecule has 0 spiro atoms. The smallest absolute Gasteiger partial charge is 0.231 e. The number of carbonyl (C=O) groups is 1. The summed E-state index contributed by atoms with van der Waals surface area (Å²) < 4.78 is 6.71. The summed E-state index contributed by atoms with van der Waals surface area (Å²) in [4.78, 5) is 17.9. The van der Waals surface area contributed by atoms with Crippen molar-refractivity contribution in [1.82, 2.24) is 20.1 Å². The zero-order valence-electron chi connectivity index (χ0n) is 15.0. The van der Waals surface area contributed by atoms with Crippen LogP contribution >= 0.6 is 11.3 Å². The molecule has 0 unspecified atom stereocenters. The van der Waals surface area contributed by atoms with E-state index in [-0.39, 0.29) is 12.3 Å². The van der Waals surface area contributed by atoms with Crippen molar-refractivity contribution in [3.63, 3.8) is 0 Å². The zero-order chi connectivity index (χ0) is 18.8. The van der Waals surface area contributed by atoms with Gasteiger partial charge in [-0.05, 0) is 23.3 Å². The minimum atomic E-state index is -0.0707. The lowest BCUT2D eigenvalue weighted by atomic mass is 10.1. The van der Waals surface area contributed by atoms with Crippen LogP contribution in [-0.2, 0) is 17.6 Å². The van der Waals surface area contributed by atoms with Crippen LogP contribution in [0.3, 0.4) is 0 Å². The number of benzene rings is 2. The first-order chi connectivity index (χ1) is 13.1. The van der Waals surface area contributed by atoms with Crippen LogP contribution in [0.1, 0.15) is 16.8 Å². The first-order valence-electron chi connectivity index (χ1n) is 8.55. The van der Waals surface area contributed by atoms with Crippen LogP contribution in [0, 0.1) is 0 Å². The molecule has 2 aromatic carbocycles. The standard InChI is InChI=1S/C20H18N4O2S/c1-24(2)20(25)12-18-23-22-17(26-18)11-19-21-15-9-8-14(10-16(15)27-19)13-6-4-3-5-7-13/h3-10H,11-12H2,1-2H3. The molecule has 2 heterocycles. The maximum Gasteiger partial charge on any atom is 0.231 e. The van der Waals surface area contributed by atoms with Gasteiger partial charge < -0.3 is 9.32 Å². The lowest BCUT2D eigenvalue weighted by Gasteiger charge is -2.06. The highest BCUT2D eigenvalue weighted by molar-refractivity contribution is 7.18. The Hall–Kier alpha value is -3.06. The van der Waals surface area contributed by atoms with E-state index >= 15 is 0 Å². The van der Waals surface area contributed by atoms with Crippen molar-refractivity contribution in [2.45, 2.75) is 12.8 Å². The van der Waals surface area contributed by atoms with Crippen LogP contribution in [0.5, 0.6) is 0 Å². The molecule has 4 rings (SSSR count). The average Bonchev–Trinajstić information content (AvgIpc) is 3.28. The Morgan fingerprint density at radius 3 is 2.59 bits per heavy atom. The second kappa shape index (κ2) is 7.28. The Labute approximate surface area is 160 Å². The van der Waals surface area contributed by atoms with Crippen molar-refractivity contribution >= 4 is 27.5 Å². The van der Waals surface area contributed by atoms with Gasteiger partial charge in [0.2, 0.25) is 17.7 Å². The first-order valence-corrected chi connectivity index (χ1v) is 9.36. The van der Waals surface area contributed by atoms with E-state index < -0.39 is 0 Å². The third-order valence-corrected chi connectivity index (χ3v) is 5.17. The zero-order valence-corrected chi connectivity index (χ0v) is 15.9. The number of hydrogen-bond acceptors (Lipinski definition) is 6. The molecule has 0 aliphatic carbocycles. The number of rotatable bonds is 5. The largest absolute Gasteiger partial charge is 0.424 e. The van der Waals surface area contributed by atoms with Gasteiger partial charge in [-0.25, -0.2) is 4.98 Å². The molecule has 0 radical (unpaired) electrons. The van der Waals surface area contributed by atoms with Gasteiger partial charge in [-0.1, -0.05) is 36.4 Å². The predicted molar refractivity (Wildman–Crippen MR) is 105 cm³/mol. The highest BCUT2D eigenvalue weighted by Gasteiger charge is 2.14. The molecule has 6 nitrogen and oxygen atoms in total. The Morgan fingerprint density at radius 2 is 1.81 bits per heavy atom. The van der Waals surface area contributed by atoms with Crippen molar-refractivity contribution in [2.75, 3.05) is 14.1 Å². The summed E-state index contributed by atoms with van der Waals surface area (Å²) in [6.45, 7) is 0. The van der Waals surface area contributed by atoms with Gasteiger partial charge in [0.1, 0.15) is 11.4 Å². The number of aromatic nitrogens is 3. The summed E-state index contributed by atoms with van der Waals surface area (Å²) in [7, 11) is 3.40. The average molecular weight is 378 g/mol. The van der Waals surface area contributed by atoms with E-state index in [1.807, 2.05) is 24.3 Å². The Kier molecular flexibility index (Phi) is 4.68. The quantitative estimate of drug-likeness (QED) is 0.531. The van der Waals surface area contributed by atoms with Crippen LogP contribution < -0.4 is 0 Å². The Morgan fingerprint density at radius 1 is 1.04 bits per heavy atom. The van der Waals surface area contributed by atoms with E-state index in [1.165, 1.54) is 16.0 Å². The second-order valence-corrected chi connectivity index (χ2v) is 7.50. The molecule has 0 atom stereocenters. The molecule has 7 heteroatoms. The first kappa shape index (κ1) is 17.4. The molecule has 27 heavy (non-hydrogen) atoms. The van der Waals surface area contributed by atoms with Gasteiger partial charge in [-0.2, -0.15) is 0 Å². The number of nitrogens with zero attached hydrogens (tertiary/aromatic N) is 4. The Balaban J connectivity index is 1.53. The molecule has 0 fully saturated rings. The monoisotopic (exact) mass is 378 g/mol. The summed E-state index contributed by atoms with van der Waals surface area (Å²) in [5.41, 5.74) is 3.30. The van der Waals surface area contributed by atoms with E-state index in [0.717, 1.165) is 15.2 Å². The van der Waals surface area contributed by atoms with E-state index in [1.54, 1.807) is 25.4 Å². The third-order valence-electron chi connectivity index (χ3n) is 4.15. The molecular weight excluding hydrogens is 360 g/mol. The van der Waals surface area contributed by atoms with Gasteiger partial charge >= 0.3 is 0 Å². The maximum atomic E-state index is 11.7.